The van der Waals surface area contributed by atoms with E-state index in [0.29, 0.717) is 0 Å². The number of rotatable bonds is 3. The molecule has 2 heterocycles. The van der Waals surface area contributed by atoms with Crippen molar-refractivity contribution >= 4 is 28.4 Å². The summed E-state index contributed by atoms with van der Waals surface area (Å²) in [5, 5.41) is 7.40. The molecule has 1 saturated heterocycles. The SMILES string of the molecule is C=CCc1c(N2CCNCC2)ccc2c1[N]C(=O)S2. The molecule has 1 N–H and O–H groups in total. The maximum absolute atomic E-state index is 11.5. The lowest BCUT2D eigenvalue weighted by molar-refractivity contribution is 0.264. The van der Waals surface area contributed by atoms with Crippen molar-refractivity contribution in [3.8, 4) is 0 Å². The third-order valence-electron chi connectivity index (χ3n) is 3.43. The van der Waals surface area contributed by atoms with Crippen molar-refractivity contribution in [2.24, 2.45) is 0 Å². The summed E-state index contributed by atoms with van der Waals surface area (Å²) in [4.78, 5) is 14.8. The predicted octanol–water partition coefficient (Wildman–Crippen LogP) is 2.29. The van der Waals surface area contributed by atoms with E-state index in [4.69, 9.17) is 0 Å². The normalized spacial score (nSPS) is 18.1. The molecule has 1 aromatic carbocycles. The van der Waals surface area contributed by atoms with Gasteiger partial charge in [-0.3, -0.25) is 4.79 Å². The fourth-order valence-corrected chi connectivity index (χ4v) is 3.29. The fourth-order valence-electron chi connectivity index (χ4n) is 2.56. The number of amides is 1. The number of piperazine rings is 1. The number of carbonyl (C=O) groups is 1. The first-order chi connectivity index (χ1) is 9.29. The monoisotopic (exact) mass is 274 g/mol. The van der Waals surface area contributed by atoms with E-state index in [0.717, 1.165) is 48.7 Å². The number of thioether (sulfide) groups is 1. The average molecular weight is 274 g/mol. The molecule has 0 unspecified atom stereocenters. The molecule has 1 radical (unpaired) electrons. The Bertz CT molecular complexity index is 524. The van der Waals surface area contributed by atoms with Crippen LogP contribution in [0.1, 0.15) is 5.56 Å². The van der Waals surface area contributed by atoms with Crippen LogP contribution in [0.5, 0.6) is 0 Å². The molecule has 0 spiro atoms. The standard InChI is InChI=1S/C14H16N3OS/c1-2-3-10-11(17-8-6-15-7-9-17)4-5-12-13(10)16-14(18)19-12/h2,4-5,15H,1,3,6-9H2. The van der Waals surface area contributed by atoms with Crippen LogP contribution in [0.15, 0.2) is 29.7 Å². The molecule has 1 aromatic rings. The molecule has 0 atom stereocenters. The minimum atomic E-state index is -0.113. The second-order valence-corrected chi connectivity index (χ2v) is 5.61. The van der Waals surface area contributed by atoms with E-state index < -0.39 is 0 Å². The second-order valence-electron chi connectivity index (χ2n) is 4.62. The van der Waals surface area contributed by atoms with Crippen molar-refractivity contribution in [2.75, 3.05) is 31.1 Å². The predicted molar refractivity (Wildman–Crippen MR) is 78.5 cm³/mol. The molecule has 0 aliphatic carbocycles. The summed E-state index contributed by atoms with van der Waals surface area (Å²) >= 11 is 1.22. The first kappa shape index (κ1) is 12.6. The van der Waals surface area contributed by atoms with Gasteiger partial charge in [0.2, 0.25) is 0 Å². The highest BCUT2D eigenvalue weighted by molar-refractivity contribution is 8.14. The molecule has 19 heavy (non-hydrogen) atoms. The zero-order valence-electron chi connectivity index (χ0n) is 10.7. The van der Waals surface area contributed by atoms with Crippen LogP contribution in [0.4, 0.5) is 16.2 Å². The number of anilines is 1. The van der Waals surface area contributed by atoms with Crippen LogP contribution in [0.25, 0.3) is 0 Å². The highest BCUT2D eigenvalue weighted by Gasteiger charge is 2.27. The third kappa shape index (κ3) is 2.35. The van der Waals surface area contributed by atoms with E-state index in [9.17, 15) is 4.79 Å². The van der Waals surface area contributed by atoms with Crippen molar-refractivity contribution in [2.45, 2.75) is 11.3 Å². The molecule has 0 saturated carbocycles. The molecule has 5 heteroatoms. The van der Waals surface area contributed by atoms with Crippen molar-refractivity contribution < 1.29 is 4.79 Å². The molecule has 0 aromatic heterocycles. The minimum absolute atomic E-state index is 0.113. The Hall–Kier alpha value is -1.46. The Morgan fingerprint density at radius 2 is 2.21 bits per heavy atom. The number of nitrogens with zero attached hydrogens (tertiary/aromatic N) is 2. The van der Waals surface area contributed by atoms with E-state index >= 15 is 0 Å². The van der Waals surface area contributed by atoms with E-state index in [1.54, 1.807) is 0 Å². The summed E-state index contributed by atoms with van der Waals surface area (Å²) in [6.07, 6.45) is 2.63. The van der Waals surface area contributed by atoms with Crippen molar-refractivity contribution in [1.29, 1.82) is 0 Å². The van der Waals surface area contributed by atoms with Gasteiger partial charge in [-0.15, -0.1) is 6.58 Å². The second kappa shape index (κ2) is 5.27. The Morgan fingerprint density at radius 1 is 1.42 bits per heavy atom. The Balaban J connectivity index is 2.01. The van der Waals surface area contributed by atoms with Crippen LogP contribution in [-0.4, -0.2) is 31.4 Å². The molecule has 0 bridgehead atoms. The van der Waals surface area contributed by atoms with Gasteiger partial charge in [0.1, 0.15) is 0 Å². The molecule has 3 rings (SSSR count). The van der Waals surface area contributed by atoms with Crippen molar-refractivity contribution in [3.05, 3.63) is 30.4 Å². The maximum Gasteiger partial charge on any atom is 0.310 e. The molecule has 2 aliphatic rings. The highest BCUT2D eigenvalue weighted by atomic mass is 32.2. The summed E-state index contributed by atoms with van der Waals surface area (Å²) in [5.74, 6) is 0. The van der Waals surface area contributed by atoms with Crippen molar-refractivity contribution in [3.63, 3.8) is 0 Å². The first-order valence-corrected chi connectivity index (χ1v) is 7.27. The number of hydrogen-bond acceptors (Lipinski definition) is 4. The van der Waals surface area contributed by atoms with Crippen LogP contribution >= 0.6 is 11.8 Å². The van der Waals surface area contributed by atoms with E-state index in [2.05, 4.69) is 28.2 Å². The molecule has 1 amide bonds. The lowest BCUT2D eigenvalue weighted by atomic mass is 10.1. The molecule has 1 fully saturated rings. The summed E-state index contributed by atoms with van der Waals surface area (Å²) < 4.78 is 0. The lowest BCUT2D eigenvalue weighted by Gasteiger charge is -2.31. The zero-order valence-corrected chi connectivity index (χ0v) is 11.5. The summed E-state index contributed by atoms with van der Waals surface area (Å²) in [6, 6.07) is 4.13. The Labute approximate surface area is 117 Å². The number of nitrogens with one attached hydrogen (secondary N) is 1. The quantitative estimate of drug-likeness (QED) is 0.859. The maximum atomic E-state index is 11.5. The van der Waals surface area contributed by atoms with Gasteiger partial charge < -0.3 is 10.2 Å². The lowest BCUT2D eigenvalue weighted by Crippen LogP contribution is -2.43. The summed E-state index contributed by atoms with van der Waals surface area (Å²) in [6.45, 7) is 7.79. The fraction of sp³-hybridized carbons (Fsp3) is 0.357. The van der Waals surface area contributed by atoms with Gasteiger partial charge in [0.05, 0.1) is 5.69 Å². The molecule has 99 valence electrons. The third-order valence-corrected chi connectivity index (χ3v) is 4.24. The zero-order chi connectivity index (χ0) is 13.2. The van der Waals surface area contributed by atoms with Gasteiger partial charge in [0, 0.05) is 42.3 Å². The summed E-state index contributed by atoms with van der Waals surface area (Å²) in [5.41, 5.74) is 3.18. The smallest absolute Gasteiger partial charge is 0.310 e. The van der Waals surface area contributed by atoms with Gasteiger partial charge in [-0.05, 0) is 30.3 Å². The van der Waals surface area contributed by atoms with Gasteiger partial charge in [0.15, 0.2) is 0 Å². The Morgan fingerprint density at radius 3 is 2.95 bits per heavy atom. The van der Waals surface area contributed by atoms with Gasteiger partial charge in [0.25, 0.3) is 0 Å². The van der Waals surface area contributed by atoms with Gasteiger partial charge in [-0.2, -0.15) is 0 Å². The van der Waals surface area contributed by atoms with E-state index in [1.165, 1.54) is 17.4 Å². The van der Waals surface area contributed by atoms with Crippen LogP contribution in [0.2, 0.25) is 0 Å². The number of benzene rings is 1. The van der Waals surface area contributed by atoms with Gasteiger partial charge in [-0.1, -0.05) is 6.08 Å². The molecule has 2 aliphatic heterocycles. The number of hydrogen-bond donors (Lipinski definition) is 1. The topological polar surface area (TPSA) is 46.4 Å². The number of fused-ring (bicyclic) bond motifs is 1. The van der Waals surface area contributed by atoms with Crippen LogP contribution in [-0.2, 0) is 6.42 Å². The molecule has 4 nitrogen and oxygen atoms in total. The van der Waals surface area contributed by atoms with Crippen molar-refractivity contribution in [1.82, 2.24) is 10.6 Å². The summed E-state index contributed by atoms with van der Waals surface area (Å²) in [7, 11) is 0. The van der Waals surface area contributed by atoms with Crippen LogP contribution < -0.4 is 15.5 Å². The largest absolute Gasteiger partial charge is 0.369 e. The minimum Gasteiger partial charge on any atom is -0.369 e. The van der Waals surface area contributed by atoms with Crippen LogP contribution in [0.3, 0.4) is 0 Å². The highest BCUT2D eigenvalue weighted by Crippen LogP contribution is 2.42. The average Bonchev–Trinajstić information content (AvgIpc) is 2.81. The van der Waals surface area contributed by atoms with E-state index in [1.807, 2.05) is 12.1 Å². The number of allylic oxidation sites excluding steroid dienone is 1. The first-order valence-electron chi connectivity index (χ1n) is 6.45. The van der Waals surface area contributed by atoms with Gasteiger partial charge >= 0.3 is 5.24 Å². The molecular weight excluding hydrogens is 258 g/mol. The van der Waals surface area contributed by atoms with Crippen LogP contribution in [0, 0.1) is 0 Å². The number of carbonyl (C=O) groups excluding carboxylic acids is 1. The molecular formula is C14H16N3OS. The van der Waals surface area contributed by atoms with E-state index in [-0.39, 0.29) is 5.24 Å². The Kier molecular flexibility index (Phi) is 3.48. The van der Waals surface area contributed by atoms with Gasteiger partial charge in [-0.25, -0.2) is 5.32 Å².